The fraction of sp³-hybridized carbons (Fsp3) is 0.0769. The van der Waals surface area contributed by atoms with Gasteiger partial charge in [-0.05, 0) is 30.3 Å². The van der Waals surface area contributed by atoms with Gasteiger partial charge >= 0.3 is 0 Å². The van der Waals surface area contributed by atoms with Crippen molar-refractivity contribution in [2.24, 2.45) is 0 Å². The SMILES string of the molecule is Nc1ccc(COc2ccc(Cl)cc2Cl)c(Cl)c1. The zero-order valence-electron chi connectivity index (χ0n) is 9.29. The molecule has 18 heavy (non-hydrogen) atoms. The average Bonchev–Trinajstić information content (AvgIpc) is 2.30. The molecule has 0 radical (unpaired) electrons. The van der Waals surface area contributed by atoms with Crippen LogP contribution in [0.25, 0.3) is 0 Å². The molecule has 0 aliphatic carbocycles. The fourth-order valence-electron chi connectivity index (χ4n) is 1.43. The molecule has 0 aliphatic heterocycles. The third kappa shape index (κ3) is 3.22. The van der Waals surface area contributed by atoms with Gasteiger partial charge in [-0.1, -0.05) is 40.9 Å². The Labute approximate surface area is 120 Å². The molecule has 0 spiro atoms. The Kier molecular flexibility index (Phi) is 4.23. The second-order valence-corrected chi connectivity index (χ2v) is 4.97. The summed E-state index contributed by atoms with van der Waals surface area (Å²) < 4.78 is 5.58. The summed E-state index contributed by atoms with van der Waals surface area (Å²) in [6, 6.07) is 10.3. The van der Waals surface area contributed by atoms with E-state index in [4.69, 9.17) is 45.3 Å². The third-order valence-electron chi connectivity index (χ3n) is 2.35. The van der Waals surface area contributed by atoms with Gasteiger partial charge in [0, 0.05) is 21.3 Å². The predicted octanol–water partition coefficient (Wildman–Crippen LogP) is 4.81. The van der Waals surface area contributed by atoms with E-state index in [1.807, 2.05) is 6.07 Å². The first kappa shape index (κ1) is 13.3. The summed E-state index contributed by atoms with van der Waals surface area (Å²) in [6.07, 6.45) is 0. The van der Waals surface area contributed by atoms with E-state index in [2.05, 4.69) is 0 Å². The number of halogens is 3. The van der Waals surface area contributed by atoms with Crippen LogP contribution in [0.2, 0.25) is 15.1 Å². The first-order chi connectivity index (χ1) is 8.56. The monoisotopic (exact) mass is 301 g/mol. The first-order valence-corrected chi connectivity index (χ1v) is 6.31. The molecule has 2 nitrogen and oxygen atoms in total. The van der Waals surface area contributed by atoms with Crippen molar-refractivity contribution >= 4 is 40.5 Å². The van der Waals surface area contributed by atoms with E-state index in [0.29, 0.717) is 33.1 Å². The number of nitrogens with two attached hydrogens (primary N) is 1. The van der Waals surface area contributed by atoms with E-state index in [1.54, 1.807) is 30.3 Å². The summed E-state index contributed by atoms with van der Waals surface area (Å²) in [5.74, 6) is 0.564. The highest BCUT2D eigenvalue weighted by molar-refractivity contribution is 6.35. The van der Waals surface area contributed by atoms with Gasteiger partial charge in [0.05, 0.1) is 5.02 Å². The number of hydrogen-bond donors (Lipinski definition) is 1. The molecule has 0 amide bonds. The minimum Gasteiger partial charge on any atom is -0.487 e. The molecule has 0 atom stereocenters. The zero-order valence-corrected chi connectivity index (χ0v) is 11.6. The average molecular weight is 303 g/mol. The van der Waals surface area contributed by atoms with E-state index in [9.17, 15) is 0 Å². The molecule has 2 N–H and O–H groups in total. The van der Waals surface area contributed by atoms with Gasteiger partial charge in [-0.25, -0.2) is 0 Å². The maximum absolute atomic E-state index is 6.05. The molecule has 94 valence electrons. The van der Waals surface area contributed by atoms with Crippen molar-refractivity contribution in [1.29, 1.82) is 0 Å². The minimum atomic E-state index is 0.320. The molecule has 2 rings (SSSR count). The molecule has 0 heterocycles. The predicted molar refractivity (Wildman–Crippen MR) is 76.7 cm³/mol. The van der Waals surface area contributed by atoms with Crippen LogP contribution in [0.1, 0.15) is 5.56 Å². The molecule has 0 bridgehead atoms. The molecule has 2 aromatic rings. The Hall–Kier alpha value is -1.09. The van der Waals surface area contributed by atoms with Crippen LogP contribution in [0.3, 0.4) is 0 Å². The van der Waals surface area contributed by atoms with Gasteiger partial charge in [0.1, 0.15) is 12.4 Å². The van der Waals surface area contributed by atoms with Crippen LogP contribution in [0.4, 0.5) is 5.69 Å². The lowest BCUT2D eigenvalue weighted by Gasteiger charge is -2.09. The summed E-state index contributed by atoms with van der Waals surface area (Å²) in [5.41, 5.74) is 7.08. The van der Waals surface area contributed by atoms with E-state index in [1.165, 1.54) is 0 Å². The van der Waals surface area contributed by atoms with Gasteiger partial charge in [-0.2, -0.15) is 0 Å². The van der Waals surface area contributed by atoms with Crippen LogP contribution in [0.5, 0.6) is 5.75 Å². The summed E-state index contributed by atoms with van der Waals surface area (Å²) in [5, 5.41) is 1.60. The molecule has 0 saturated heterocycles. The van der Waals surface area contributed by atoms with Crippen LogP contribution in [0, 0.1) is 0 Å². The fourth-order valence-corrected chi connectivity index (χ4v) is 2.13. The Bertz CT molecular complexity index is 521. The van der Waals surface area contributed by atoms with Gasteiger partial charge < -0.3 is 10.5 Å². The molecule has 0 unspecified atom stereocenters. The molecule has 2 aromatic carbocycles. The molecular weight excluding hydrogens is 293 g/mol. The number of anilines is 1. The van der Waals surface area contributed by atoms with Crippen LogP contribution < -0.4 is 10.5 Å². The highest BCUT2D eigenvalue weighted by Gasteiger charge is 2.05. The lowest BCUT2D eigenvalue weighted by Crippen LogP contribution is -1.97. The van der Waals surface area contributed by atoms with Crippen molar-refractivity contribution in [1.82, 2.24) is 0 Å². The van der Waals surface area contributed by atoms with E-state index >= 15 is 0 Å². The zero-order chi connectivity index (χ0) is 13.1. The summed E-state index contributed by atoms with van der Waals surface area (Å²) >= 11 is 17.8. The second-order valence-electron chi connectivity index (χ2n) is 3.71. The minimum absolute atomic E-state index is 0.320. The summed E-state index contributed by atoms with van der Waals surface area (Å²) in [7, 11) is 0. The maximum atomic E-state index is 6.05. The molecular formula is C13H10Cl3NO. The normalized spacial score (nSPS) is 10.4. The van der Waals surface area contributed by atoms with E-state index < -0.39 is 0 Å². The quantitative estimate of drug-likeness (QED) is 0.826. The van der Waals surface area contributed by atoms with Gasteiger partial charge in [0.25, 0.3) is 0 Å². The van der Waals surface area contributed by atoms with Gasteiger partial charge in [-0.3, -0.25) is 0 Å². The Morgan fingerprint density at radius 3 is 2.39 bits per heavy atom. The number of ether oxygens (including phenoxy) is 1. The maximum Gasteiger partial charge on any atom is 0.138 e. The number of nitrogen functional groups attached to an aromatic ring is 1. The van der Waals surface area contributed by atoms with Crippen LogP contribution in [-0.2, 0) is 6.61 Å². The van der Waals surface area contributed by atoms with Crippen molar-refractivity contribution in [3.05, 3.63) is 57.0 Å². The Balaban J connectivity index is 2.11. The molecule has 0 saturated carbocycles. The highest BCUT2D eigenvalue weighted by Crippen LogP contribution is 2.29. The van der Waals surface area contributed by atoms with Crippen molar-refractivity contribution in [2.75, 3.05) is 5.73 Å². The van der Waals surface area contributed by atoms with Crippen molar-refractivity contribution < 1.29 is 4.74 Å². The van der Waals surface area contributed by atoms with Crippen molar-refractivity contribution in [3.8, 4) is 5.75 Å². The van der Waals surface area contributed by atoms with Crippen molar-refractivity contribution in [2.45, 2.75) is 6.61 Å². The van der Waals surface area contributed by atoms with Crippen LogP contribution >= 0.6 is 34.8 Å². The van der Waals surface area contributed by atoms with Gasteiger partial charge in [-0.15, -0.1) is 0 Å². The van der Waals surface area contributed by atoms with E-state index in [-0.39, 0.29) is 0 Å². The highest BCUT2D eigenvalue weighted by atomic mass is 35.5. The van der Waals surface area contributed by atoms with Crippen molar-refractivity contribution in [3.63, 3.8) is 0 Å². The lowest BCUT2D eigenvalue weighted by atomic mass is 10.2. The molecule has 0 aromatic heterocycles. The van der Waals surface area contributed by atoms with Gasteiger partial charge in [0.15, 0.2) is 0 Å². The van der Waals surface area contributed by atoms with E-state index in [0.717, 1.165) is 5.56 Å². The summed E-state index contributed by atoms with van der Waals surface area (Å²) in [4.78, 5) is 0. The van der Waals surface area contributed by atoms with Crippen LogP contribution in [-0.4, -0.2) is 0 Å². The van der Waals surface area contributed by atoms with Crippen LogP contribution in [0.15, 0.2) is 36.4 Å². The standard InChI is InChI=1S/C13H10Cl3NO/c14-9-2-4-13(12(16)5-9)18-7-8-1-3-10(17)6-11(8)15/h1-6H,7,17H2. The second kappa shape index (κ2) is 5.70. The Morgan fingerprint density at radius 2 is 1.72 bits per heavy atom. The topological polar surface area (TPSA) is 35.2 Å². The first-order valence-electron chi connectivity index (χ1n) is 5.18. The third-order valence-corrected chi connectivity index (χ3v) is 3.24. The molecule has 0 fully saturated rings. The smallest absolute Gasteiger partial charge is 0.138 e. The number of hydrogen-bond acceptors (Lipinski definition) is 2. The Morgan fingerprint density at radius 1 is 0.944 bits per heavy atom. The lowest BCUT2D eigenvalue weighted by molar-refractivity contribution is 0.306. The summed E-state index contributed by atoms with van der Waals surface area (Å²) in [6.45, 7) is 0.320. The number of rotatable bonds is 3. The molecule has 0 aliphatic rings. The molecule has 5 heteroatoms. The van der Waals surface area contributed by atoms with Gasteiger partial charge in [0.2, 0.25) is 0 Å². The largest absolute Gasteiger partial charge is 0.487 e. The number of benzene rings is 2.